The fourth-order valence-electron chi connectivity index (χ4n) is 3.28. The van der Waals surface area contributed by atoms with E-state index in [9.17, 15) is 0 Å². The lowest BCUT2D eigenvalue weighted by atomic mass is 9.97. The van der Waals surface area contributed by atoms with Crippen molar-refractivity contribution in [2.24, 2.45) is 11.7 Å². The lowest BCUT2D eigenvalue weighted by Crippen LogP contribution is -2.31. The van der Waals surface area contributed by atoms with Gasteiger partial charge in [0.2, 0.25) is 0 Å². The minimum atomic E-state index is 0.224. The quantitative estimate of drug-likeness (QED) is 0.828. The first kappa shape index (κ1) is 14.7. The van der Waals surface area contributed by atoms with Crippen LogP contribution in [0.1, 0.15) is 32.1 Å². The second kappa shape index (κ2) is 6.67. The topological polar surface area (TPSA) is 35.2 Å². The smallest absolute Gasteiger partial charge is 0.127 e. The summed E-state index contributed by atoms with van der Waals surface area (Å²) in [5.41, 5.74) is 5.95. The number of halogens is 1. The Kier molecular flexibility index (Phi) is 4.67. The second-order valence-corrected chi connectivity index (χ2v) is 6.29. The van der Waals surface area contributed by atoms with Crippen molar-refractivity contribution in [1.82, 2.24) is 0 Å². The molecule has 0 spiro atoms. The van der Waals surface area contributed by atoms with Crippen LogP contribution in [0.4, 0.5) is 0 Å². The summed E-state index contributed by atoms with van der Waals surface area (Å²) in [7, 11) is 0. The number of ether oxygens (including phenoxy) is 1. The van der Waals surface area contributed by atoms with E-state index in [-0.39, 0.29) is 6.10 Å². The zero-order chi connectivity index (χ0) is 14.7. The van der Waals surface area contributed by atoms with Crippen molar-refractivity contribution in [3.63, 3.8) is 0 Å². The van der Waals surface area contributed by atoms with Crippen LogP contribution in [0.25, 0.3) is 10.8 Å². The summed E-state index contributed by atoms with van der Waals surface area (Å²) >= 11 is 6.28. The van der Waals surface area contributed by atoms with E-state index in [4.69, 9.17) is 22.1 Å². The Morgan fingerprint density at radius 1 is 1.00 bits per heavy atom. The summed E-state index contributed by atoms with van der Waals surface area (Å²) < 4.78 is 6.37. The highest BCUT2D eigenvalue weighted by Gasteiger charge is 2.24. The van der Waals surface area contributed by atoms with Gasteiger partial charge in [-0.2, -0.15) is 0 Å². The van der Waals surface area contributed by atoms with E-state index >= 15 is 0 Å². The van der Waals surface area contributed by atoms with Gasteiger partial charge in [0.25, 0.3) is 0 Å². The third kappa shape index (κ3) is 3.17. The highest BCUT2D eigenvalue weighted by atomic mass is 35.5. The molecule has 21 heavy (non-hydrogen) atoms. The van der Waals surface area contributed by atoms with Crippen LogP contribution in [0.2, 0.25) is 5.02 Å². The van der Waals surface area contributed by atoms with E-state index in [2.05, 4.69) is 6.07 Å². The van der Waals surface area contributed by atoms with Gasteiger partial charge in [-0.25, -0.2) is 0 Å². The zero-order valence-electron chi connectivity index (χ0n) is 12.2. The Morgan fingerprint density at radius 2 is 1.76 bits per heavy atom. The van der Waals surface area contributed by atoms with E-state index in [1.807, 2.05) is 30.3 Å². The summed E-state index contributed by atoms with van der Waals surface area (Å²) in [6.45, 7) is 0.705. The van der Waals surface area contributed by atoms with Crippen LogP contribution in [0, 0.1) is 5.92 Å². The fourth-order valence-corrected chi connectivity index (χ4v) is 3.50. The Bertz CT molecular complexity index is 613. The Balaban J connectivity index is 1.91. The molecule has 2 unspecified atom stereocenters. The van der Waals surface area contributed by atoms with Crippen molar-refractivity contribution >= 4 is 22.4 Å². The number of benzene rings is 2. The van der Waals surface area contributed by atoms with E-state index in [1.165, 1.54) is 25.7 Å². The molecule has 0 bridgehead atoms. The predicted octanol–water partition coefficient (Wildman–Crippen LogP) is 4.78. The molecular formula is C18H22ClNO. The van der Waals surface area contributed by atoms with Crippen LogP contribution in [0.15, 0.2) is 36.4 Å². The highest BCUT2D eigenvalue weighted by molar-refractivity contribution is 6.35. The minimum absolute atomic E-state index is 0.224. The van der Waals surface area contributed by atoms with Gasteiger partial charge >= 0.3 is 0 Å². The summed E-state index contributed by atoms with van der Waals surface area (Å²) in [4.78, 5) is 0. The van der Waals surface area contributed by atoms with Crippen molar-refractivity contribution in [2.75, 3.05) is 6.54 Å². The van der Waals surface area contributed by atoms with E-state index in [1.54, 1.807) is 0 Å². The molecule has 112 valence electrons. The van der Waals surface area contributed by atoms with Crippen LogP contribution in [0.3, 0.4) is 0 Å². The average Bonchev–Trinajstić information content (AvgIpc) is 2.75. The number of hydrogen-bond donors (Lipinski definition) is 1. The van der Waals surface area contributed by atoms with Gasteiger partial charge in [-0.15, -0.1) is 0 Å². The molecule has 3 heteroatoms. The summed E-state index contributed by atoms with van der Waals surface area (Å²) in [6.07, 6.45) is 6.28. The molecule has 1 saturated carbocycles. The van der Waals surface area contributed by atoms with Crippen LogP contribution < -0.4 is 10.5 Å². The SMILES string of the molecule is NCC1CCCCCC1Oc1ccc(Cl)c2ccccc12. The molecule has 0 radical (unpaired) electrons. The molecule has 0 saturated heterocycles. The Morgan fingerprint density at radius 3 is 2.57 bits per heavy atom. The van der Waals surface area contributed by atoms with Gasteiger partial charge in [-0.1, -0.05) is 48.7 Å². The van der Waals surface area contributed by atoms with Crippen molar-refractivity contribution in [1.29, 1.82) is 0 Å². The largest absolute Gasteiger partial charge is 0.489 e. The number of rotatable bonds is 3. The Labute approximate surface area is 131 Å². The fraction of sp³-hybridized carbons (Fsp3) is 0.444. The summed E-state index contributed by atoms with van der Waals surface area (Å²) in [5.74, 6) is 1.39. The van der Waals surface area contributed by atoms with Crippen molar-refractivity contribution in [3.8, 4) is 5.75 Å². The predicted molar refractivity (Wildman–Crippen MR) is 89.0 cm³/mol. The highest BCUT2D eigenvalue weighted by Crippen LogP contribution is 2.34. The van der Waals surface area contributed by atoms with Gasteiger partial charge in [0.1, 0.15) is 11.9 Å². The molecule has 1 aliphatic rings. The molecule has 1 aliphatic carbocycles. The first-order chi connectivity index (χ1) is 10.3. The summed E-state index contributed by atoms with van der Waals surface area (Å²) in [5, 5.41) is 2.91. The lowest BCUT2D eigenvalue weighted by Gasteiger charge is -2.25. The van der Waals surface area contributed by atoms with Gasteiger partial charge in [-0.3, -0.25) is 0 Å². The van der Waals surface area contributed by atoms with Crippen LogP contribution in [-0.2, 0) is 0 Å². The molecule has 2 aromatic carbocycles. The molecule has 0 amide bonds. The number of nitrogens with two attached hydrogens (primary N) is 1. The maximum Gasteiger partial charge on any atom is 0.127 e. The first-order valence-corrected chi connectivity index (χ1v) is 8.21. The van der Waals surface area contributed by atoms with E-state index in [0.29, 0.717) is 12.5 Å². The van der Waals surface area contributed by atoms with Gasteiger partial charge in [0.15, 0.2) is 0 Å². The van der Waals surface area contributed by atoms with Gasteiger partial charge in [0, 0.05) is 21.7 Å². The van der Waals surface area contributed by atoms with Gasteiger partial charge < -0.3 is 10.5 Å². The molecule has 0 aliphatic heterocycles. The molecule has 1 fully saturated rings. The van der Waals surface area contributed by atoms with Crippen LogP contribution >= 0.6 is 11.6 Å². The van der Waals surface area contributed by atoms with E-state index in [0.717, 1.165) is 28.0 Å². The third-order valence-electron chi connectivity index (χ3n) is 4.50. The van der Waals surface area contributed by atoms with Gasteiger partial charge in [-0.05, 0) is 37.9 Å². The number of fused-ring (bicyclic) bond motifs is 1. The van der Waals surface area contributed by atoms with E-state index < -0.39 is 0 Å². The summed E-state index contributed by atoms with van der Waals surface area (Å²) in [6, 6.07) is 12.1. The van der Waals surface area contributed by atoms with Crippen LogP contribution in [-0.4, -0.2) is 12.6 Å². The first-order valence-electron chi connectivity index (χ1n) is 7.83. The maximum atomic E-state index is 6.37. The molecule has 0 heterocycles. The molecular weight excluding hydrogens is 282 g/mol. The molecule has 2 nitrogen and oxygen atoms in total. The second-order valence-electron chi connectivity index (χ2n) is 5.88. The van der Waals surface area contributed by atoms with Gasteiger partial charge in [0.05, 0.1) is 0 Å². The third-order valence-corrected chi connectivity index (χ3v) is 4.83. The Hall–Kier alpha value is -1.25. The molecule has 2 N–H and O–H groups in total. The maximum absolute atomic E-state index is 6.37. The molecule has 2 atom stereocenters. The molecule has 0 aromatic heterocycles. The lowest BCUT2D eigenvalue weighted by molar-refractivity contribution is 0.131. The van der Waals surface area contributed by atoms with Crippen molar-refractivity contribution in [3.05, 3.63) is 41.4 Å². The zero-order valence-corrected chi connectivity index (χ0v) is 13.0. The molecule has 2 aromatic rings. The monoisotopic (exact) mass is 303 g/mol. The van der Waals surface area contributed by atoms with Crippen molar-refractivity contribution in [2.45, 2.75) is 38.2 Å². The normalized spacial score (nSPS) is 23.0. The number of hydrogen-bond acceptors (Lipinski definition) is 2. The average molecular weight is 304 g/mol. The molecule has 3 rings (SSSR count). The standard InChI is InChI=1S/C18H22ClNO/c19-16-10-11-18(15-8-5-4-7-14(15)16)21-17-9-3-1-2-6-13(17)12-20/h4-5,7-8,10-11,13,17H,1-3,6,9,12,20H2. The van der Waals surface area contributed by atoms with Crippen LogP contribution in [0.5, 0.6) is 5.75 Å². The van der Waals surface area contributed by atoms with Crippen molar-refractivity contribution < 1.29 is 4.74 Å². The minimum Gasteiger partial charge on any atom is -0.489 e.